The molecule has 0 spiro atoms. The molecular formula is C13H20N2O2. The second-order valence-electron chi connectivity index (χ2n) is 3.71. The number of nitrogens with zero attached hydrogens (tertiary/aromatic N) is 1. The van der Waals surface area contributed by atoms with E-state index in [2.05, 4.69) is 17.1 Å². The Labute approximate surface area is 102 Å². The van der Waals surface area contributed by atoms with Crippen LogP contribution in [0.3, 0.4) is 0 Å². The summed E-state index contributed by atoms with van der Waals surface area (Å²) in [5.41, 5.74) is 4.01. The Morgan fingerprint density at radius 1 is 1.29 bits per heavy atom. The Balaban J connectivity index is 2.28. The van der Waals surface area contributed by atoms with Crippen molar-refractivity contribution in [3.8, 4) is 0 Å². The van der Waals surface area contributed by atoms with Gasteiger partial charge in [-0.3, -0.25) is 10.7 Å². The van der Waals surface area contributed by atoms with Crippen LogP contribution in [0.1, 0.15) is 25.3 Å². The molecule has 1 aromatic carbocycles. The smallest absolute Gasteiger partial charge is 0.113 e. The van der Waals surface area contributed by atoms with Crippen molar-refractivity contribution in [3.63, 3.8) is 0 Å². The monoisotopic (exact) mass is 236 g/mol. The van der Waals surface area contributed by atoms with E-state index in [1.807, 2.05) is 24.5 Å². The SMILES string of the molecule is CCOCCCCc1ccc(N=CNO)cc1. The first-order chi connectivity index (χ1) is 8.36. The molecule has 0 saturated carbocycles. The third kappa shape index (κ3) is 6.04. The molecule has 0 saturated heterocycles. The first-order valence-electron chi connectivity index (χ1n) is 5.95. The van der Waals surface area contributed by atoms with Crippen LogP contribution in [0.4, 0.5) is 5.69 Å². The van der Waals surface area contributed by atoms with Gasteiger partial charge in [0.25, 0.3) is 0 Å². The summed E-state index contributed by atoms with van der Waals surface area (Å²) in [7, 11) is 0. The molecule has 1 aromatic rings. The van der Waals surface area contributed by atoms with Gasteiger partial charge in [0.15, 0.2) is 0 Å². The van der Waals surface area contributed by atoms with Gasteiger partial charge in [-0.1, -0.05) is 12.1 Å². The molecule has 1 rings (SSSR count). The van der Waals surface area contributed by atoms with Gasteiger partial charge in [0.05, 0.1) is 5.69 Å². The van der Waals surface area contributed by atoms with Gasteiger partial charge in [-0.25, -0.2) is 4.99 Å². The maximum absolute atomic E-state index is 8.36. The summed E-state index contributed by atoms with van der Waals surface area (Å²) >= 11 is 0. The third-order valence-corrected chi connectivity index (χ3v) is 2.42. The highest BCUT2D eigenvalue weighted by atomic mass is 16.5. The number of rotatable bonds is 8. The van der Waals surface area contributed by atoms with Gasteiger partial charge < -0.3 is 4.74 Å². The maximum atomic E-state index is 8.36. The minimum atomic E-state index is 0.797. The normalized spacial score (nSPS) is 10.9. The molecular weight excluding hydrogens is 216 g/mol. The summed E-state index contributed by atoms with van der Waals surface area (Å²) < 4.78 is 5.29. The predicted molar refractivity (Wildman–Crippen MR) is 68.9 cm³/mol. The van der Waals surface area contributed by atoms with Gasteiger partial charge >= 0.3 is 0 Å². The molecule has 0 aliphatic rings. The number of aryl methyl sites for hydroxylation is 1. The predicted octanol–water partition coefficient (Wildman–Crippen LogP) is 2.68. The molecule has 17 heavy (non-hydrogen) atoms. The van der Waals surface area contributed by atoms with Crippen LogP contribution in [0.15, 0.2) is 29.3 Å². The number of hydrogen-bond donors (Lipinski definition) is 2. The Hall–Kier alpha value is -1.39. The lowest BCUT2D eigenvalue weighted by molar-refractivity contribution is 0.143. The molecule has 0 aliphatic heterocycles. The van der Waals surface area contributed by atoms with Crippen LogP contribution in [0.2, 0.25) is 0 Å². The first kappa shape index (κ1) is 13.7. The lowest BCUT2D eigenvalue weighted by atomic mass is 10.1. The second kappa shape index (κ2) is 8.73. The standard InChI is InChI=1S/C13H20N2O2/c1-2-17-10-4-3-5-12-6-8-13(9-7-12)14-11-15-16/h6-9,11,16H,2-5,10H2,1H3,(H,14,15). The minimum Gasteiger partial charge on any atom is -0.382 e. The van der Waals surface area contributed by atoms with Gasteiger partial charge in [0.1, 0.15) is 6.34 Å². The highest BCUT2D eigenvalue weighted by Gasteiger charge is 1.94. The van der Waals surface area contributed by atoms with Gasteiger partial charge in [-0.15, -0.1) is 0 Å². The van der Waals surface area contributed by atoms with Crippen LogP contribution < -0.4 is 5.48 Å². The Kier molecular flexibility index (Phi) is 7.02. The average molecular weight is 236 g/mol. The van der Waals surface area contributed by atoms with E-state index in [0.29, 0.717) is 0 Å². The number of ether oxygens (including phenoxy) is 1. The number of hydrogen-bond acceptors (Lipinski definition) is 3. The van der Waals surface area contributed by atoms with Crippen molar-refractivity contribution in [2.24, 2.45) is 4.99 Å². The molecule has 0 atom stereocenters. The Morgan fingerprint density at radius 2 is 2.06 bits per heavy atom. The molecule has 0 aromatic heterocycles. The molecule has 0 fully saturated rings. The Morgan fingerprint density at radius 3 is 2.71 bits per heavy atom. The van der Waals surface area contributed by atoms with Crippen molar-refractivity contribution in [1.82, 2.24) is 5.48 Å². The number of nitrogens with one attached hydrogen (secondary N) is 1. The van der Waals surface area contributed by atoms with E-state index in [1.165, 1.54) is 11.9 Å². The first-order valence-corrected chi connectivity index (χ1v) is 5.95. The number of aliphatic imine (C=N–C) groups is 1. The second-order valence-corrected chi connectivity index (χ2v) is 3.71. The van der Waals surface area contributed by atoms with E-state index in [9.17, 15) is 0 Å². The van der Waals surface area contributed by atoms with E-state index >= 15 is 0 Å². The molecule has 94 valence electrons. The highest BCUT2D eigenvalue weighted by molar-refractivity contribution is 5.59. The largest absolute Gasteiger partial charge is 0.382 e. The van der Waals surface area contributed by atoms with Gasteiger partial charge in [0, 0.05) is 13.2 Å². The summed E-state index contributed by atoms with van der Waals surface area (Å²) in [5.74, 6) is 0. The maximum Gasteiger partial charge on any atom is 0.113 e. The van der Waals surface area contributed by atoms with Crippen LogP contribution in [-0.2, 0) is 11.2 Å². The fourth-order valence-electron chi connectivity index (χ4n) is 1.53. The molecule has 0 aliphatic carbocycles. The fraction of sp³-hybridized carbons (Fsp3) is 0.462. The highest BCUT2D eigenvalue weighted by Crippen LogP contribution is 2.13. The number of hydroxylamine groups is 1. The van der Waals surface area contributed by atoms with Crippen LogP contribution in [0, 0.1) is 0 Å². The van der Waals surface area contributed by atoms with Crippen molar-refractivity contribution in [3.05, 3.63) is 29.8 Å². The van der Waals surface area contributed by atoms with E-state index in [1.54, 1.807) is 0 Å². The average Bonchev–Trinajstić information content (AvgIpc) is 2.37. The summed E-state index contributed by atoms with van der Waals surface area (Å²) in [5, 5.41) is 8.36. The van der Waals surface area contributed by atoms with Crippen LogP contribution in [-0.4, -0.2) is 24.8 Å². The van der Waals surface area contributed by atoms with Gasteiger partial charge in [-0.05, 0) is 43.9 Å². The summed E-state index contributed by atoms with van der Waals surface area (Å²) in [4.78, 5) is 3.98. The number of unbranched alkanes of at least 4 members (excludes halogenated alkanes) is 1. The lowest BCUT2D eigenvalue weighted by Gasteiger charge is -2.02. The van der Waals surface area contributed by atoms with Crippen molar-refractivity contribution in [2.75, 3.05) is 13.2 Å². The summed E-state index contributed by atoms with van der Waals surface area (Å²) in [6.07, 6.45) is 4.55. The molecule has 0 radical (unpaired) electrons. The van der Waals surface area contributed by atoms with Crippen molar-refractivity contribution >= 4 is 12.0 Å². The van der Waals surface area contributed by atoms with Crippen molar-refractivity contribution in [1.29, 1.82) is 0 Å². The van der Waals surface area contributed by atoms with Gasteiger partial charge in [0.2, 0.25) is 0 Å². The lowest BCUT2D eigenvalue weighted by Crippen LogP contribution is -2.00. The number of benzene rings is 1. The van der Waals surface area contributed by atoms with Crippen molar-refractivity contribution < 1.29 is 9.94 Å². The third-order valence-electron chi connectivity index (χ3n) is 2.42. The van der Waals surface area contributed by atoms with Crippen LogP contribution >= 0.6 is 0 Å². The van der Waals surface area contributed by atoms with E-state index in [-0.39, 0.29) is 0 Å². The van der Waals surface area contributed by atoms with Gasteiger partial charge in [-0.2, -0.15) is 0 Å². The van der Waals surface area contributed by atoms with E-state index in [0.717, 1.165) is 38.2 Å². The van der Waals surface area contributed by atoms with E-state index < -0.39 is 0 Å². The molecule has 0 amide bonds. The molecule has 4 heteroatoms. The quantitative estimate of drug-likeness (QED) is 0.316. The van der Waals surface area contributed by atoms with E-state index in [4.69, 9.17) is 9.94 Å². The Bertz CT molecular complexity index is 323. The summed E-state index contributed by atoms with van der Waals surface area (Å²) in [6, 6.07) is 7.99. The molecule has 0 unspecified atom stereocenters. The van der Waals surface area contributed by atoms with Crippen LogP contribution in [0.5, 0.6) is 0 Å². The fourth-order valence-corrected chi connectivity index (χ4v) is 1.53. The topological polar surface area (TPSA) is 53.8 Å². The molecule has 0 bridgehead atoms. The molecule has 2 N–H and O–H groups in total. The van der Waals surface area contributed by atoms with Crippen LogP contribution in [0.25, 0.3) is 0 Å². The molecule has 0 heterocycles. The summed E-state index contributed by atoms with van der Waals surface area (Å²) in [6.45, 7) is 3.66. The zero-order valence-electron chi connectivity index (χ0n) is 10.2. The molecule has 4 nitrogen and oxygen atoms in total. The zero-order chi connectivity index (χ0) is 12.3. The minimum absolute atomic E-state index is 0.797. The zero-order valence-corrected chi connectivity index (χ0v) is 10.2. The van der Waals surface area contributed by atoms with Crippen molar-refractivity contribution in [2.45, 2.75) is 26.2 Å².